The zero-order valence-electron chi connectivity index (χ0n) is 9.44. The number of nitrogens with one attached hydrogen (secondary N) is 1. The van der Waals surface area contributed by atoms with E-state index >= 15 is 0 Å². The van der Waals surface area contributed by atoms with E-state index in [1.807, 2.05) is 31.2 Å². The van der Waals surface area contributed by atoms with Crippen molar-refractivity contribution in [3.05, 3.63) is 30.0 Å². The average Bonchev–Trinajstić information content (AvgIpc) is 2.55. The molecule has 0 bridgehead atoms. The Morgan fingerprint density at radius 2 is 1.94 bits per heavy atom. The second-order valence-corrected chi connectivity index (χ2v) is 3.73. The summed E-state index contributed by atoms with van der Waals surface area (Å²) in [6, 6.07) is 7.72. The standard InChI is InChI=1S/C11H14N6/c1-6-4-7-5-8(2-3-9(7)15-6)16-11(14)17-10(12)13/h2-5,15H,1H3,(H6,12,13,14,16,17). The summed E-state index contributed by atoms with van der Waals surface area (Å²) in [7, 11) is 0. The molecule has 0 atom stereocenters. The first-order valence-corrected chi connectivity index (χ1v) is 5.08. The van der Waals surface area contributed by atoms with Gasteiger partial charge in [-0.15, -0.1) is 0 Å². The molecule has 0 aliphatic heterocycles. The SMILES string of the molecule is Cc1cc2cc(N=C(N)N=C(N)N)ccc2[nH]1. The molecular weight excluding hydrogens is 216 g/mol. The fraction of sp³-hybridized carbons (Fsp3) is 0.0909. The number of guanidine groups is 2. The quantitative estimate of drug-likeness (QED) is 0.426. The Labute approximate surface area is 98.2 Å². The summed E-state index contributed by atoms with van der Waals surface area (Å²) < 4.78 is 0. The molecule has 0 amide bonds. The second-order valence-electron chi connectivity index (χ2n) is 3.73. The van der Waals surface area contributed by atoms with E-state index in [-0.39, 0.29) is 11.9 Å². The zero-order valence-corrected chi connectivity index (χ0v) is 9.44. The van der Waals surface area contributed by atoms with Crippen LogP contribution < -0.4 is 17.2 Å². The molecule has 2 aromatic rings. The average molecular weight is 230 g/mol. The van der Waals surface area contributed by atoms with Crippen molar-refractivity contribution in [1.29, 1.82) is 0 Å². The maximum atomic E-state index is 5.55. The third kappa shape index (κ3) is 2.54. The summed E-state index contributed by atoms with van der Waals surface area (Å²) >= 11 is 0. The van der Waals surface area contributed by atoms with E-state index in [1.54, 1.807) is 0 Å². The molecule has 6 heteroatoms. The van der Waals surface area contributed by atoms with Gasteiger partial charge in [0.05, 0.1) is 5.69 Å². The molecule has 6 nitrogen and oxygen atoms in total. The molecule has 0 saturated carbocycles. The van der Waals surface area contributed by atoms with Gasteiger partial charge in [0, 0.05) is 16.6 Å². The molecule has 1 aromatic heterocycles. The number of aliphatic imine (C=N–C) groups is 2. The van der Waals surface area contributed by atoms with Crippen LogP contribution in [0.15, 0.2) is 34.3 Å². The highest BCUT2D eigenvalue weighted by atomic mass is 15.1. The number of aromatic nitrogens is 1. The van der Waals surface area contributed by atoms with Crippen LogP contribution >= 0.6 is 0 Å². The molecule has 0 unspecified atom stereocenters. The molecule has 17 heavy (non-hydrogen) atoms. The number of aryl methyl sites for hydroxylation is 1. The van der Waals surface area contributed by atoms with E-state index < -0.39 is 0 Å². The molecule has 2 rings (SSSR count). The predicted octanol–water partition coefficient (Wildman–Crippen LogP) is 0.696. The minimum atomic E-state index is -0.107. The first-order chi connectivity index (χ1) is 8.04. The van der Waals surface area contributed by atoms with Crippen LogP contribution in [0.1, 0.15) is 5.69 Å². The summed E-state index contributed by atoms with van der Waals surface area (Å²) in [5, 5.41) is 1.07. The number of rotatable bonds is 1. The lowest BCUT2D eigenvalue weighted by molar-refractivity contribution is 1.30. The maximum Gasteiger partial charge on any atom is 0.223 e. The molecule has 0 saturated heterocycles. The van der Waals surface area contributed by atoms with Gasteiger partial charge in [0.2, 0.25) is 5.96 Å². The Balaban J connectivity index is 2.39. The predicted molar refractivity (Wildman–Crippen MR) is 70.1 cm³/mol. The van der Waals surface area contributed by atoms with Gasteiger partial charge in [-0.1, -0.05) is 0 Å². The Hall–Kier alpha value is -2.50. The van der Waals surface area contributed by atoms with Gasteiger partial charge in [-0.2, -0.15) is 4.99 Å². The number of aromatic amines is 1. The fourth-order valence-electron chi connectivity index (χ4n) is 1.62. The summed E-state index contributed by atoms with van der Waals surface area (Å²) in [5.74, 6) is -0.0681. The van der Waals surface area contributed by atoms with Gasteiger partial charge >= 0.3 is 0 Å². The maximum absolute atomic E-state index is 5.55. The van der Waals surface area contributed by atoms with Gasteiger partial charge in [0.1, 0.15) is 0 Å². The van der Waals surface area contributed by atoms with Crippen molar-refractivity contribution in [3.63, 3.8) is 0 Å². The summed E-state index contributed by atoms with van der Waals surface area (Å²) in [5.41, 5.74) is 18.8. The van der Waals surface area contributed by atoms with E-state index in [9.17, 15) is 0 Å². The summed E-state index contributed by atoms with van der Waals surface area (Å²) in [6.07, 6.45) is 0. The van der Waals surface area contributed by atoms with Crippen LogP contribution in [0.5, 0.6) is 0 Å². The van der Waals surface area contributed by atoms with Gasteiger partial charge in [-0.25, -0.2) is 4.99 Å². The zero-order chi connectivity index (χ0) is 12.4. The monoisotopic (exact) mass is 230 g/mol. The number of nitrogens with zero attached hydrogens (tertiary/aromatic N) is 2. The molecule has 88 valence electrons. The van der Waals surface area contributed by atoms with Gasteiger partial charge in [-0.05, 0) is 31.2 Å². The Morgan fingerprint density at radius 1 is 1.18 bits per heavy atom. The molecule has 0 fully saturated rings. The normalized spacial score (nSPS) is 11.7. The molecule has 0 aliphatic carbocycles. The van der Waals surface area contributed by atoms with E-state index in [1.165, 1.54) is 0 Å². The van der Waals surface area contributed by atoms with E-state index in [0.717, 1.165) is 16.6 Å². The first kappa shape index (κ1) is 11.0. The van der Waals surface area contributed by atoms with Crippen LogP contribution in [0.4, 0.5) is 5.69 Å². The van der Waals surface area contributed by atoms with Crippen LogP contribution in [0.2, 0.25) is 0 Å². The van der Waals surface area contributed by atoms with Crippen molar-refractivity contribution in [2.24, 2.45) is 27.2 Å². The summed E-state index contributed by atoms with van der Waals surface area (Å²) in [6.45, 7) is 2.00. The number of fused-ring (bicyclic) bond motifs is 1. The first-order valence-electron chi connectivity index (χ1n) is 5.08. The van der Waals surface area contributed by atoms with Gasteiger partial charge in [0.25, 0.3) is 0 Å². The molecule has 0 aliphatic rings. The molecule has 0 radical (unpaired) electrons. The summed E-state index contributed by atoms with van der Waals surface area (Å²) in [4.78, 5) is 11.0. The highest BCUT2D eigenvalue weighted by Crippen LogP contribution is 2.21. The fourth-order valence-corrected chi connectivity index (χ4v) is 1.62. The number of hydrogen-bond donors (Lipinski definition) is 4. The van der Waals surface area contributed by atoms with Crippen molar-refractivity contribution < 1.29 is 0 Å². The van der Waals surface area contributed by atoms with Crippen LogP contribution in [-0.2, 0) is 0 Å². The van der Waals surface area contributed by atoms with Crippen LogP contribution in [0.25, 0.3) is 10.9 Å². The lowest BCUT2D eigenvalue weighted by Crippen LogP contribution is -2.26. The second kappa shape index (κ2) is 4.17. The van der Waals surface area contributed by atoms with Crippen molar-refractivity contribution in [1.82, 2.24) is 4.98 Å². The van der Waals surface area contributed by atoms with Gasteiger partial charge in [-0.3, -0.25) is 0 Å². The van der Waals surface area contributed by atoms with Gasteiger partial charge < -0.3 is 22.2 Å². The third-order valence-corrected chi connectivity index (χ3v) is 2.23. The molecule has 1 heterocycles. The minimum Gasteiger partial charge on any atom is -0.370 e. The number of nitrogens with two attached hydrogens (primary N) is 3. The third-order valence-electron chi connectivity index (χ3n) is 2.23. The Kier molecular flexibility index (Phi) is 2.70. The van der Waals surface area contributed by atoms with Crippen LogP contribution in [0, 0.1) is 6.92 Å². The molecular formula is C11H14N6. The Morgan fingerprint density at radius 3 is 2.65 bits per heavy atom. The van der Waals surface area contributed by atoms with Crippen LogP contribution in [-0.4, -0.2) is 16.9 Å². The number of benzene rings is 1. The molecule has 1 aromatic carbocycles. The van der Waals surface area contributed by atoms with Crippen molar-refractivity contribution in [2.75, 3.05) is 0 Å². The number of H-pyrrole nitrogens is 1. The Bertz CT molecular complexity index is 603. The highest BCUT2D eigenvalue weighted by Gasteiger charge is 1.99. The van der Waals surface area contributed by atoms with E-state index in [2.05, 4.69) is 15.0 Å². The van der Waals surface area contributed by atoms with E-state index in [0.29, 0.717) is 5.69 Å². The smallest absolute Gasteiger partial charge is 0.223 e. The van der Waals surface area contributed by atoms with Crippen molar-refractivity contribution in [3.8, 4) is 0 Å². The van der Waals surface area contributed by atoms with E-state index in [4.69, 9.17) is 17.2 Å². The highest BCUT2D eigenvalue weighted by molar-refractivity contribution is 5.94. The number of hydrogen-bond acceptors (Lipinski definition) is 1. The lowest BCUT2D eigenvalue weighted by atomic mass is 10.2. The molecule has 0 spiro atoms. The topological polar surface area (TPSA) is 119 Å². The minimum absolute atomic E-state index is 0.0385. The van der Waals surface area contributed by atoms with Crippen molar-refractivity contribution in [2.45, 2.75) is 6.92 Å². The van der Waals surface area contributed by atoms with Crippen LogP contribution in [0.3, 0.4) is 0 Å². The van der Waals surface area contributed by atoms with Gasteiger partial charge in [0.15, 0.2) is 5.96 Å². The molecule has 7 N–H and O–H groups in total. The lowest BCUT2D eigenvalue weighted by Gasteiger charge is -1.96. The largest absolute Gasteiger partial charge is 0.370 e. The van der Waals surface area contributed by atoms with Crippen molar-refractivity contribution >= 4 is 28.5 Å².